The number of hydrogen-bond donors (Lipinski definition) is 0. The highest BCUT2D eigenvalue weighted by Gasteiger charge is 2.36. The predicted octanol–water partition coefficient (Wildman–Crippen LogP) is 4.88. The molecule has 2 rings (SSSR count). The first-order valence-corrected chi connectivity index (χ1v) is 12.4. The first-order valence-electron chi connectivity index (χ1n) is 12.4. The molecule has 1 atom stereocenters. The Labute approximate surface area is 215 Å². The molecule has 0 N–H and O–H groups in total. The summed E-state index contributed by atoms with van der Waals surface area (Å²) in [5.74, 6) is 1.09. The van der Waals surface area contributed by atoms with Crippen LogP contribution >= 0.6 is 0 Å². The summed E-state index contributed by atoms with van der Waals surface area (Å²) in [5.41, 5.74) is 1.98. The second-order valence-electron chi connectivity index (χ2n) is 9.29. The highest BCUT2D eigenvalue weighted by molar-refractivity contribution is 5.89. The molecule has 0 bridgehead atoms. The Balaban J connectivity index is 1.97. The van der Waals surface area contributed by atoms with E-state index in [2.05, 4.69) is 31.9 Å². The molecule has 0 saturated heterocycles. The molecule has 2 aromatic carbocycles. The van der Waals surface area contributed by atoms with Crippen molar-refractivity contribution in [1.29, 1.82) is 5.26 Å². The molecule has 0 fully saturated rings. The van der Waals surface area contributed by atoms with Crippen LogP contribution in [0.5, 0.6) is 11.5 Å². The monoisotopic (exact) mass is 496 g/mol. The number of likely N-dealkylation sites (N-methyl/N-ethyl adjacent to an activating group) is 1. The lowest BCUT2D eigenvalue weighted by molar-refractivity contribution is 0.0388. The summed E-state index contributed by atoms with van der Waals surface area (Å²) < 4.78 is 21.0. The lowest BCUT2D eigenvalue weighted by atomic mass is 9.69. The topological polar surface area (TPSA) is 81.0 Å². The van der Waals surface area contributed by atoms with E-state index < -0.39 is 5.41 Å². The molecule has 1 unspecified atom stereocenters. The fourth-order valence-corrected chi connectivity index (χ4v) is 4.34. The Bertz CT molecular complexity index is 1020. The molecule has 0 saturated carbocycles. The van der Waals surface area contributed by atoms with Crippen molar-refractivity contribution in [3.63, 3.8) is 0 Å². The number of esters is 1. The average Bonchev–Trinajstić information content (AvgIpc) is 2.89. The lowest BCUT2D eigenvalue weighted by Gasteiger charge is -2.32. The summed E-state index contributed by atoms with van der Waals surface area (Å²) in [7, 11) is 6.88. The van der Waals surface area contributed by atoms with E-state index in [-0.39, 0.29) is 18.5 Å². The van der Waals surface area contributed by atoms with E-state index in [1.165, 1.54) is 0 Å². The van der Waals surface area contributed by atoms with Gasteiger partial charge in [0, 0.05) is 13.7 Å². The van der Waals surface area contributed by atoms with Crippen molar-refractivity contribution in [2.45, 2.75) is 38.5 Å². The van der Waals surface area contributed by atoms with E-state index in [1.807, 2.05) is 36.4 Å². The van der Waals surface area contributed by atoms with Crippen molar-refractivity contribution in [3.05, 3.63) is 59.2 Å². The number of hydrogen-bond acceptors (Lipinski definition) is 7. The molecule has 7 heteroatoms. The third-order valence-corrected chi connectivity index (χ3v) is 6.66. The van der Waals surface area contributed by atoms with Gasteiger partial charge >= 0.3 is 5.97 Å². The van der Waals surface area contributed by atoms with E-state index in [0.717, 1.165) is 43.5 Å². The van der Waals surface area contributed by atoms with Gasteiger partial charge in [0.05, 0.1) is 37.9 Å². The van der Waals surface area contributed by atoms with Crippen LogP contribution in [0, 0.1) is 17.2 Å². The summed E-state index contributed by atoms with van der Waals surface area (Å²) in [6.07, 6.45) is 2.44. The van der Waals surface area contributed by atoms with Gasteiger partial charge in [0.1, 0.15) is 6.61 Å². The lowest BCUT2D eigenvalue weighted by Crippen LogP contribution is -2.32. The van der Waals surface area contributed by atoms with Crippen LogP contribution in [0.2, 0.25) is 0 Å². The molecule has 2 aromatic rings. The number of rotatable bonds is 15. The van der Waals surface area contributed by atoms with Gasteiger partial charge in [0.2, 0.25) is 0 Å². The Hall–Kier alpha value is -3.08. The van der Waals surface area contributed by atoms with Crippen molar-refractivity contribution < 1.29 is 23.7 Å². The molecule has 0 aliphatic carbocycles. The summed E-state index contributed by atoms with van der Waals surface area (Å²) in [4.78, 5) is 14.5. The zero-order chi connectivity index (χ0) is 26.6. The molecular weight excluding hydrogens is 456 g/mol. The normalized spacial score (nSPS) is 12.8. The van der Waals surface area contributed by atoms with E-state index in [0.29, 0.717) is 23.7 Å². The van der Waals surface area contributed by atoms with Crippen molar-refractivity contribution in [1.82, 2.24) is 4.90 Å². The highest BCUT2D eigenvalue weighted by Crippen LogP contribution is 2.40. The van der Waals surface area contributed by atoms with Crippen LogP contribution in [0.25, 0.3) is 0 Å². The van der Waals surface area contributed by atoms with Crippen LogP contribution < -0.4 is 9.47 Å². The molecule has 0 aromatic heterocycles. The Morgan fingerprint density at radius 1 is 1.03 bits per heavy atom. The average molecular weight is 497 g/mol. The second-order valence-corrected chi connectivity index (χ2v) is 9.29. The SMILES string of the molecule is COCCOC(=O)c1cccc(CCN(C)CCCC(C#N)(c2ccc(OC)c(OC)c2)C(C)C)c1. The van der Waals surface area contributed by atoms with E-state index >= 15 is 0 Å². The first kappa shape index (κ1) is 29.2. The maximum absolute atomic E-state index is 12.2. The third kappa shape index (κ3) is 7.71. The van der Waals surface area contributed by atoms with Crippen molar-refractivity contribution >= 4 is 5.97 Å². The van der Waals surface area contributed by atoms with Crippen LogP contribution in [-0.2, 0) is 21.3 Å². The molecule has 7 nitrogen and oxygen atoms in total. The minimum atomic E-state index is -0.613. The van der Waals surface area contributed by atoms with Crippen molar-refractivity contribution in [2.75, 3.05) is 54.7 Å². The summed E-state index contributed by atoms with van der Waals surface area (Å²) in [6, 6.07) is 16.0. The number of benzene rings is 2. The largest absolute Gasteiger partial charge is 0.493 e. The van der Waals surface area contributed by atoms with Gasteiger partial charge < -0.3 is 23.8 Å². The first-order chi connectivity index (χ1) is 17.3. The van der Waals surface area contributed by atoms with Gasteiger partial charge in [0.15, 0.2) is 11.5 Å². The molecule has 0 radical (unpaired) electrons. The second kappa shape index (κ2) is 14.5. The van der Waals surface area contributed by atoms with E-state index in [4.69, 9.17) is 18.9 Å². The van der Waals surface area contributed by atoms with Gasteiger partial charge in [-0.1, -0.05) is 32.0 Å². The van der Waals surface area contributed by atoms with Gasteiger partial charge in [-0.05, 0) is 74.2 Å². The Morgan fingerprint density at radius 3 is 2.42 bits per heavy atom. The fourth-order valence-electron chi connectivity index (χ4n) is 4.34. The maximum Gasteiger partial charge on any atom is 0.338 e. The van der Waals surface area contributed by atoms with Gasteiger partial charge in [0.25, 0.3) is 0 Å². The van der Waals surface area contributed by atoms with Gasteiger partial charge in [-0.15, -0.1) is 0 Å². The molecule has 0 aliphatic rings. The maximum atomic E-state index is 12.2. The van der Waals surface area contributed by atoms with Crippen LogP contribution in [0.1, 0.15) is 48.2 Å². The molecule has 0 aliphatic heterocycles. The molecule has 36 heavy (non-hydrogen) atoms. The standard InChI is InChI=1S/C29H40N2O5/c1-22(2)29(21-30,25-11-12-26(34-5)27(20-25)35-6)14-8-15-31(3)16-13-23-9-7-10-24(19-23)28(32)36-18-17-33-4/h7,9-12,19-20,22H,8,13-18H2,1-6H3. The Morgan fingerprint density at radius 2 is 1.78 bits per heavy atom. The molecule has 0 amide bonds. The van der Waals surface area contributed by atoms with Crippen LogP contribution in [0.4, 0.5) is 0 Å². The minimum Gasteiger partial charge on any atom is -0.493 e. The van der Waals surface area contributed by atoms with Gasteiger partial charge in [-0.3, -0.25) is 0 Å². The van der Waals surface area contributed by atoms with Crippen LogP contribution in [-0.4, -0.2) is 65.5 Å². The number of carbonyl (C=O) groups is 1. The zero-order valence-electron chi connectivity index (χ0n) is 22.5. The number of nitrogens with zero attached hydrogens (tertiary/aromatic N) is 2. The van der Waals surface area contributed by atoms with Crippen LogP contribution in [0.3, 0.4) is 0 Å². The van der Waals surface area contributed by atoms with Gasteiger partial charge in [-0.25, -0.2) is 4.79 Å². The zero-order valence-corrected chi connectivity index (χ0v) is 22.5. The summed E-state index contributed by atoms with van der Waals surface area (Å²) in [6.45, 7) is 6.52. The Kier molecular flexibility index (Phi) is 11.7. The van der Waals surface area contributed by atoms with E-state index in [1.54, 1.807) is 27.4 Å². The predicted molar refractivity (Wildman–Crippen MR) is 141 cm³/mol. The number of carbonyl (C=O) groups excluding carboxylic acids is 1. The van der Waals surface area contributed by atoms with Crippen molar-refractivity contribution in [3.8, 4) is 17.6 Å². The summed E-state index contributed by atoms with van der Waals surface area (Å²) >= 11 is 0. The number of ether oxygens (including phenoxy) is 4. The van der Waals surface area contributed by atoms with Gasteiger partial charge in [-0.2, -0.15) is 5.26 Å². The molecule has 196 valence electrons. The van der Waals surface area contributed by atoms with Crippen molar-refractivity contribution in [2.24, 2.45) is 5.92 Å². The molecule has 0 heterocycles. The molecule has 0 spiro atoms. The third-order valence-electron chi connectivity index (χ3n) is 6.66. The molecular formula is C29H40N2O5. The smallest absolute Gasteiger partial charge is 0.338 e. The van der Waals surface area contributed by atoms with Crippen LogP contribution in [0.15, 0.2) is 42.5 Å². The quantitative estimate of drug-likeness (QED) is 0.257. The number of nitriles is 1. The highest BCUT2D eigenvalue weighted by atomic mass is 16.6. The fraction of sp³-hybridized carbons (Fsp3) is 0.517. The number of methoxy groups -OCH3 is 3. The van der Waals surface area contributed by atoms with E-state index in [9.17, 15) is 10.1 Å². The minimum absolute atomic E-state index is 0.136. The summed E-state index contributed by atoms with van der Waals surface area (Å²) in [5, 5.41) is 10.3.